The minimum absolute atomic E-state index is 0.0559. The van der Waals surface area contributed by atoms with Gasteiger partial charge in [0.25, 0.3) is 0 Å². The SMILES string of the molecule is COCCNC(=O)[C@H](c1cccs1)N(C(=O)Cn1nnc2ccccc21)c1ccc(C(C)C)cc1. The highest BCUT2D eigenvalue weighted by atomic mass is 32.1. The van der Waals surface area contributed by atoms with Gasteiger partial charge in [0, 0.05) is 24.2 Å². The Hall–Kier alpha value is -3.56. The molecule has 0 aliphatic heterocycles. The number of aromatic nitrogens is 3. The second-order valence-electron chi connectivity index (χ2n) is 8.45. The molecular formula is C26H29N5O3S. The summed E-state index contributed by atoms with van der Waals surface area (Å²) in [6.45, 7) is 4.90. The van der Waals surface area contributed by atoms with Gasteiger partial charge in [0.1, 0.15) is 18.1 Å². The highest BCUT2D eigenvalue weighted by Gasteiger charge is 2.34. The fourth-order valence-corrected chi connectivity index (χ4v) is 4.70. The molecule has 4 rings (SSSR count). The maximum Gasteiger partial charge on any atom is 0.249 e. The van der Waals surface area contributed by atoms with E-state index >= 15 is 0 Å². The number of nitrogens with zero attached hydrogens (tertiary/aromatic N) is 4. The third kappa shape index (κ3) is 5.58. The van der Waals surface area contributed by atoms with Crippen LogP contribution in [-0.4, -0.2) is 47.1 Å². The molecule has 8 nitrogen and oxygen atoms in total. The number of rotatable bonds is 10. The van der Waals surface area contributed by atoms with Crippen LogP contribution in [0.5, 0.6) is 0 Å². The van der Waals surface area contributed by atoms with Gasteiger partial charge in [-0.1, -0.05) is 49.4 Å². The van der Waals surface area contributed by atoms with E-state index in [1.165, 1.54) is 11.3 Å². The van der Waals surface area contributed by atoms with Gasteiger partial charge in [0.15, 0.2) is 0 Å². The predicted octanol–water partition coefficient (Wildman–Crippen LogP) is 4.15. The first-order valence-corrected chi connectivity index (χ1v) is 12.4. The van der Waals surface area contributed by atoms with Crippen molar-refractivity contribution >= 4 is 39.9 Å². The van der Waals surface area contributed by atoms with E-state index in [1.54, 1.807) is 16.7 Å². The van der Waals surface area contributed by atoms with Crippen LogP contribution in [0.1, 0.15) is 36.2 Å². The van der Waals surface area contributed by atoms with Crippen molar-refractivity contribution in [2.75, 3.05) is 25.2 Å². The molecule has 2 heterocycles. The molecule has 0 aliphatic carbocycles. The number of hydrogen-bond donors (Lipinski definition) is 1. The van der Waals surface area contributed by atoms with E-state index in [4.69, 9.17) is 4.74 Å². The third-order valence-corrected chi connectivity index (χ3v) is 6.66. The van der Waals surface area contributed by atoms with Crippen LogP contribution in [-0.2, 0) is 20.9 Å². The third-order valence-electron chi connectivity index (χ3n) is 5.74. The summed E-state index contributed by atoms with van der Waals surface area (Å²) in [4.78, 5) is 29.7. The average molecular weight is 492 g/mol. The number of ether oxygens (including phenoxy) is 1. The average Bonchev–Trinajstić information content (AvgIpc) is 3.53. The Morgan fingerprint density at radius 3 is 2.54 bits per heavy atom. The highest BCUT2D eigenvalue weighted by Crippen LogP contribution is 2.32. The minimum atomic E-state index is -0.834. The fraction of sp³-hybridized carbons (Fsp3) is 0.308. The van der Waals surface area contributed by atoms with Crippen LogP contribution in [0.2, 0.25) is 0 Å². The lowest BCUT2D eigenvalue weighted by Gasteiger charge is -2.31. The zero-order valence-corrected chi connectivity index (χ0v) is 20.9. The van der Waals surface area contributed by atoms with Gasteiger partial charge in [-0.05, 0) is 47.2 Å². The molecule has 0 fully saturated rings. The second kappa shape index (κ2) is 11.2. The number of carbonyl (C=O) groups excluding carboxylic acids is 2. The van der Waals surface area contributed by atoms with Gasteiger partial charge in [0.05, 0.1) is 12.1 Å². The van der Waals surface area contributed by atoms with Gasteiger partial charge in [-0.15, -0.1) is 16.4 Å². The second-order valence-corrected chi connectivity index (χ2v) is 9.43. The van der Waals surface area contributed by atoms with E-state index in [-0.39, 0.29) is 18.4 Å². The number of anilines is 1. The zero-order chi connectivity index (χ0) is 24.8. The van der Waals surface area contributed by atoms with Gasteiger partial charge in [-0.25, -0.2) is 4.68 Å². The molecule has 2 amide bonds. The van der Waals surface area contributed by atoms with Crippen LogP contribution in [0.4, 0.5) is 5.69 Å². The molecule has 35 heavy (non-hydrogen) atoms. The first-order valence-electron chi connectivity index (χ1n) is 11.5. The molecule has 9 heteroatoms. The Labute approximate surface area is 208 Å². The summed E-state index contributed by atoms with van der Waals surface area (Å²) in [5.74, 6) is -0.187. The molecule has 182 valence electrons. The first-order chi connectivity index (χ1) is 17.0. The standard InChI is InChI=1S/C26H29N5O3S/c1-18(2)19-10-12-20(13-11-19)31(24(32)17-30-22-8-5-4-7-21(22)28-29-30)25(23-9-6-16-35-23)26(33)27-14-15-34-3/h4-13,16,18,25H,14-15,17H2,1-3H3,(H,27,33)/t25-/m0/s1. The van der Waals surface area contributed by atoms with E-state index in [2.05, 4.69) is 29.5 Å². The first kappa shape index (κ1) is 24.6. The van der Waals surface area contributed by atoms with Crippen molar-refractivity contribution in [3.8, 4) is 0 Å². The van der Waals surface area contributed by atoms with Crippen molar-refractivity contribution in [1.29, 1.82) is 0 Å². The Balaban J connectivity index is 1.74. The van der Waals surface area contributed by atoms with E-state index in [1.807, 2.05) is 66.0 Å². The predicted molar refractivity (Wildman–Crippen MR) is 137 cm³/mol. The molecule has 1 N–H and O–H groups in total. The van der Waals surface area contributed by atoms with Crippen LogP contribution < -0.4 is 10.2 Å². The molecule has 0 saturated heterocycles. The number of amides is 2. The number of methoxy groups -OCH3 is 1. The van der Waals surface area contributed by atoms with Crippen molar-refractivity contribution < 1.29 is 14.3 Å². The zero-order valence-electron chi connectivity index (χ0n) is 20.0. The van der Waals surface area contributed by atoms with E-state index in [9.17, 15) is 9.59 Å². The topological polar surface area (TPSA) is 89.4 Å². The molecule has 1 atom stereocenters. The fourth-order valence-electron chi connectivity index (χ4n) is 3.89. The van der Waals surface area contributed by atoms with Crippen molar-refractivity contribution in [2.45, 2.75) is 32.4 Å². The largest absolute Gasteiger partial charge is 0.383 e. The van der Waals surface area contributed by atoms with Crippen molar-refractivity contribution in [3.05, 3.63) is 76.5 Å². The number of benzene rings is 2. The normalized spacial score (nSPS) is 12.1. The summed E-state index contributed by atoms with van der Waals surface area (Å²) in [5, 5.41) is 13.2. The minimum Gasteiger partial charge on any atom is -0.383 e. The number of fused-ring (bicyclic) bond motifs is 1. The Bertz CT molecular complexity index is 1270. The van der Waals surface area contributed by atoms with Crippen molar-refractivity contribution in [3.63, 3.8) is 0 Å². The number of carbonyl (C=O) groups is 2. The lowest BCUT2D eigenvalue weighted by molar-refractivity contribution is -0.127. The monoisotopic (exact) mass is 491 g/mol. The molecule has 2 aromatic heterocycles. The van der Waals surface area contributed by atoms with Crippen LogP contribution in [0.15, 0.2) is 66.0 Å². The van der Waals surface area contributed by atoms with Crippen LogP contribution in [0.3, 0.4) is 0 Å². The molecule has 2 aromatic carbocycles. The summed E-state index contributed by atoms with van der Waals surface area (Å²) < 4.78 is 6.66. The summed E-state index contributed by atoms with van der Waals surface area (Å²) in [7, 11) is 1.58. The molecule has 0 spiro atoms. The Morgan fingerprint density at radius 1 is 1.09 bits per heavy atom. The van der Waals surface area contributed by atoms with Gasteiger partial charge < -0.3 is 10.1 Å². The molecule has 0 saturated carbocycles. The van der Waals surface area contributed by atoms with Crippen molar-refractivity contribution in [2.24, 2.45) is 0 Å². The van der Waals surface area contributed by atoms with E-state index < -0.39 is 6.04 Å². The number of hydrogen-bond acceptors (Lipinski definition) is 6. The molecule has 0 radical (unpaired) electrons. The number of thiophene rings is 1. The summed E-state index contributed by atoms with van der Waals surface area (Å²) in [6.07, 6.45) is 0. The lowest BCUT2D eigenvalue weighted by atomic mass is 10.0. The maximum atomic E-state index is 13.9. The Morgan fingerprint density at radius 2 is 1.86 bits per heavy atom. The number of nitrogens with one attached hydrogen (secondary N) is 1. The highest BCUT2D eigenvalue weighted by molar-refractivity contribution is 7.10. The maximum absolute atomic E-state index is 13.9. The van der Waals surface area contributed by atoms with Gasteiger partial charge >= 0.3 is 0 Å². The Kier molecular flexibility index (Phi) is 7.89. The lowest BCUT2D eigenvalue weighted by Crippen LogP contribution is -2.45. The summed E-state index contributed by atoms with van der Waals surface area (Å²) >= 11 is 1.44. The quantitative estimate of drug-likeness (QED) is 0.337. The van der Waals surface area contributed by atoms with Gasteiger partial charge in [-0.3, -0.25) is 14.5 Å². The molecule has 0 unspecified atom stereocenters. The van der Waals surface area contributed by atoms with Gasteiger partial charge in [-0.2, -0.15) is 0 Å². The van der Waals surface area contributed by atoms with Crippen molar-refractivity contribution in [1.82, 2.24) is 20.3 Å². The smallest absolute Gasteiger partial charge is 0.249 e. The summed E-state index contributed by atoms with van der Waals surface area (Å²) in [6, 6.07) is 18.2. The molecular weight excluding hydrogens is 462 g/mol. The van der Waals surface area contributed by atoms with E-state index in [0.717, 1.165) is 16.0 Å². The number of para-hydroxylation sites is 1. The van der Waals surface area contributed by atoms with Gasteiger partial charge in [0.2, 0.25) is 11.8 Å². The molecule has 0 aliphatic rings. The van der Waals surface area contributed by atoms with Crippen LogP contribution in [0, 0.1) is 0 Å². The van der Waals surface area contributed by atoms with Crippen LogP contribution in [0.25, 0.3) is 11.0 Å². The molecule has 4 aromatic rings. The summed E-state index contributed by atoms with van der Waals surface area (Å²) in [5.41, 5.74) is 3.26. The van der Waals surface area contributed by atoms with E-state index in [0.29, 0.717) is 30.3 Å². The molecule has 0 bridgehead atoms. The van der Waals surface area contributed by atoms with Crippen LogP contribution >= 0.6 is 11.3 Å².